The molecule has 0 spiro atoms. The first-order chi connectivity index (χ1) is 7.66. The normalized spacial score (nSPS) is 15.3. The molecule has 4 nitrogen and oxygen atoms in total. The maximum absolute atomic E-state index is 12.0. The number of nitrogens with one attached hydrogen (secondary N) is 1. The number of hydrogen-bond donors (Lipinski definition) is 1. The van der Waals surface area contributed by atoms with Gasteiger partial charge in [-0.05, 0) is 18.2 Å². The van der Waals surface area contributed by atoms with E-state index in [1.807, 2.05) is 6.07 Å². The third-order valence-electron chi connectivity index (χ3n) is 2.26. The van der Waals surface area contributed by atoms with Gasteiger partial charge in [-0.2, -0.15) is 4.58 Å². The fraction of sp³-hybridized carbons (Fsp3) is 0.182. The highest BCUT2D eigenvalue weighted by Crippen LogP contribution is 2.12. The van der Waals surface area contributed by atoms with Crippen LogP contribution in [0.1, 0.15) is 10.4 Å². The lowest BCUT2D eigenvalue weighted by molar-refractivity contribution is -0.423. The largest absolute Gasteiger partial charge is 0.419 e. The summed E-state index contributed by atoms with van der Waals surface area (Å²) in [5.41, 5.74) is 0.570. The molecular formula is C11H10BrN2O2+. The Kier molecular flexibility index (Phi) is 3.14. The molecule has 1 aromatic rings. The van der Waals surface area contributed by atoms with Crippen LogP contribution in [0.5, 0.6) is 0 Å². The zero-order valence-corrected chi connectivity index (χ0v) is 10.0. The molecule has 0 aromatic heterocycles. The molecule has 2 amide bonds. The summed E-state index contributed by atoms with van der Waals surface area (Å²) in [6.07, 6.45) is 1.30. The van der Waals surface area contributed by atoms with Crippen LogP contribution in [-0.2, 0) is 4.79 Å². The van der Waals surface area contributed by atoms with Gasteiger partial charge in [-0.15, -0.1) is 0 Å². The number of hydrogen-bond acceptors (Lipinski definition) is 2. The Labute approximate surface area is 101 Å². The molecule has 16 heavy (non-hydrogen) atoms. The molecule has 2 rings (SSSR count). The molecule has 1 N–H and O–H groups in total. The van der Waals surface area contributed by atoms with Crippen LogP contribution in [0.25, 0.3) is 0 Å². The van der Waals surface area contributed by atoms with E-state index in [4.69, 9.17) is 0 Å². The summed E-state index contributed by atoms with van der Waals surface area (Å²) in [6.45, 7) is 1.01. The minimum absolute atomic E-state index is 0.156. The summed E-state index contributed by atoms with van der Waals surface area (Å²) < 4.78 is 2.28. The van der Waals surface area contributed by atoms with Crippen molar-refractivity contribution in [1.82, 2.24) is 5.32 Å². The van der Waals surface area contributed by atoms with Crippen molar-refractivity contribution < 1.29 is 14.2 Å². The highest BCUT2D eigenvalue weighted by molar-refractivity contribution is 9.10. The number of carbonyl (C=O) groups is 2. The van der Waals surface area contributed by atoms with Crippen LogP contribution in [0.2, 0.25) is 0 Å². The maximum Gasteiger partial charge on any atom is 0.419 e. The molecule has 0 aliphatic carbocycles. The molecule has 1 aromatic carbocycles. The molecule has 0 radical (unpaired) electrons. The zero-order chi connectivity index (χ0) is 11.5. The molecule has 0 unspecified atom stereocenters. The summed E-state index contributed by atoms with van der Waals surface area (Å²) in [5.74, 6) is -0.384. The van der Waals surface area contributed by atoms with Crippen molar-refractivity contribution in [1.29, 1.82) is 0 Å². The van der Waals surface area contributed by atoms with Crippen molar-refractivity contribution in [2.45, 2.75) is 0 Å². The zero-order valence-electron chi connectivity index (χ0n) is 8.44. The Hall–Kier alpha value is -1.49. The van der Waals surface area contributed by atoms with Gasteiger partial charge in [0.25, 0.3) is 0 Å². The van der Waals surface area contributed by atoms with Gasteiger partial charge in [0.05, 0.1) is 12.1 Å². The molecular weight excluding hydrogens is 272 g/mol. The highest BCUT2D eigenvalue weighted by atomic mass is 79.9. The first kappa shape index (κ1) is 11.0. The van der Waals surface area contributed by atoms with Crippen LogP contribution in [0, 0.1) is 0 Å². The third kappa shape index (κ3) is 2.36. The average Bonchev–Trinajstić information content (AvgIpc) is 2.28. The van der Waals surface area contributed by atoms with E-state index in [0.29, 0.717) is 18.7 Å². The lowest BCUT2D eigenvalue weighted by Gasteiger charge is -2.07. The van der Waals surface area contributed by atoms with Gasteiger partial charge in [0, 0.05) is 4.47 Å². The predicted molar refractivity (Wildman–Crippen MR) is 62.7 cm³/mol. The fourth-order valence-electron chi connectivity index (χ4n) is 1.50. The monoisotopic (exact) mass is 281 g/mol. The van der Waals surface area contributed by atoms with Gasteiger partial charge < -0.3 is 5.32 Å². The number of nitrogens with zero attached hydrogens (tertiary/aromatic N) is 1. The second kappa shape index (κ2) is 4.57. The molecule has 0 saturated heterocycles. The summed E-state index contributed by atoms with van der Waals surface area (Å²) in [6, 6.07) is 7.11. The Balaban J connectivity index is 2.29. The van der Waals surface area contributed by atoms with Crippen molar-refractivity contribution in [3.8, 4) is 0 Å². The van der Waals surface area contributed by atoms with Crippen LogP contribution >= 0.6 is 15.9 Å². The van der Waals surface area contributed by atoms with Crippen LogP contribution in [0.4, 0.5) is 0 Å². The Morgan fingerprint density at radius 1 is 1.44 bits per heavy atom. The Bertz CT molecular complexity index is 483. The number of rotatable bonds is 1. The van der Waals surface area contributed by atoms with Gasteiger partial charge >= 0.3 is 11.8 Å². The topological polar surface area (TPSA) is 49.2 Å². The van der Waals surface area contributed by atoms with E-state index in [-0.39, 0.29) is 11.8 Å². The van der Waals surface area contributed by atoms with Crippen LogP contribution in [0.15, 0.2) is 28.7 Å². The van der Waals surface area contributed by atoms with Gasteiger partial charge in [0.1, 0.15) is 0 Å². The first-order valence-corrected chi connectivity index (χ1v) is 5.65. The second-order valence-electron chi connectivity index (χ2n) is 3.43. The number of carbonyl (C=O) groups excluding carboxylic acids is 2. The van der Waals surface area contributed by atoms with Crippen molar-refractivity contribution in [3.05, 3.63) is 34.3 Å². The molecule has 0 atom stereocenters. The number of amides is 2. The van der Waals surface area contributed by atoms with Crippen LogP contribution in [-0.4, -0.2) is 35.7 Å². The van der Waals surface area contributed by atoms with Crippen LogP contribution in [0.3, 0.4) is 0 Å². The van der Waals surface area contributed by atoms with E-state index in [2.05, 4.69) is 21.2 Å². The van der Waals surface area contributed by atoms with Gasteiger partial charge in [-0.25, -0.2) is 4.79 Å². The second-order valence-corrected chi connectivity index (χ2v) is 4.34. The Morgan fingerprint density at radius 3 is 2.94 bits per heavy atom. The van der Waals surface area contributed by atoms with E-state index in [1.54, 1.807) is 18.2 Å². The minimum atomic E-state index is -0.227. The van der Waals surface area contributed by atoms with Crippen molar-refractivity contribution >= 4 is 34.0 Å². The maximum atomic E-state index is 12.0. The summed E-state index contributed by atoms with van der Waals surface area (Å²) >= 11 is 3.31. The molecule has 5 heteroatoms. The number of benzene rings is 1. The summed E-state index contributed by atoms with van der Waals surface area (Å²) in [5, 5.41) is 2.63. The predicted octanol–water partition coefficient (Wildman–Crippen LogP) is 0.802. The molecule has 1 heterocycles. The summed E-state index contributed by atoms with van der Waals surface area (Å²) in [7, 11) is 0. The highest BCUT2D eigenvalue weighted by Gasteiger charge is 2.24. The molecule has 0 bridgehead atoms. The van der Waals surface area contributed by atoms with Gasteiger partial charge in [0.2, 0.25) is 6.21 Å². The minimum Gasteiger partial charge on any atom is -0.341 e. The smallest absolute Gasteiger partial charge is 0.341 e. The SMILES string of the molecule is O=C1C=[N+](C(=O)c2cccc(Br)c2)CCN1. The van der Waals surface area contributed by atoms with Crippen molar-refractivity contribution in [2.75, 3.05) is 13.1 Å². The van der Waals surface area contributed by atoms with E-state index in [9.17, 15) is 9.59 Å². The average molecular weight is 282 g/mol. The van der Waals surface area contributed by atoms with Crippen LogP contribution < -0.4 is 5.32 Å². The quantitative estimate of drug-likeness (QED) is 0.775. The molecule has 82 valence electrons. The van der Waals surface area contributed by atoms with Crippen molar-refractivity contribution in [2.24, 2.45) is 0 Å². The van der Waals surface area contributed by atoms with E-state index in [0.717, 1.165) is 4.47 Å². The van der Waals surface area contributed by atoms with Gasteiger partial charge in [-0.3, -0.25) is 4.79 Å². The third-order valence-corrected chi connectivity index (χ3v) is 2.75. The van der Waals surface area contributed by atoms with E-state index >= 15 is 0 Å². The lowest BCUT2D eigenvalue weighted by Crippen LogP contribution is -2.42. The fourth-order valence-corrected chi connectivity index (χ4v) is 1.90. The lowest BCUT2D eigenvalue weighted by atomic mass is 10.2. The van der Waals surface area contributed by atoms with Gasteiger partial charge in [-0.1, -0.05) is 22.0 Å². The molecule has 1 aliphatic heterocycles. The Morgan fingerprint density at radius 2 is 2.25 bits per heavy atom. The van der Waals surface area contributed by atoms with Crippen molar-refractivity contribution in [3.63, 3.8) is 0 Å². The number of halogens is 1. The first-order valence-electron chi connectivity index (χ1n) is 4.86. The van der Waals surface area contributed by atoms with E-state index < -0.39 is 0 Å². The summed E-state index contributed by atoms with van der Waals surface area (Å²) in [4.78, 5) is 23.1. The standard InChI is InChI=1S/C11H9BrN2O2/c12-9-3-1-2-8(6-9)11(16)14-5-4-13-10(15)7-14/h1-3,6-7H,4-5H2/p+1. The van der Waals surface area contributed by atoms with E-state index in [1.165, 1.54) is 10.8 Å². The molecule has 1 aliphatic rings. The molecule has 0 fully saturated rings. The molecule has 0 saturated carbocycles. The van der Waals surface area contributed by atoms with Gasteiger partial charge in [0.15, 0.2) is 6.54 Å².